The van der Waals surface area contributed by atoms with Crippen LogP contribution in [0.4, 0.5) is 0 Å². The van der Waals surface area contributed by atoms with Crippen molar-refractivity contribution in [2.45, 2.75) is 43.6 Å². The Labute approximate surface area is 192 Å². The van der Waals surface area contributed by atoms with Crippen LogP contribution in [0, 0.1) is 0 Å². The van der Waals surface area contributed by atoms with Crippen molar-refractivity contribution < 1.29 is 4.79 Å². The molecule has 3 aromatic carbocycles. The van der Waals surface area contributed by atoms with Gasteiger partial charge in [0.15, 0.2) is 10.9 Å². The van der Waals surface area contributed by atoms with Crippen LogP contribution in [0.2, 0.25) is 0 Å². The van der Waals surface area contributed by atoms with Gasteiger partial charge in [-0.05, 0) is 36.6 Å². The number of nitrogens with zero attached hydrogens (tertiary/aromatic N) is 2. The summed E-state index contributed by atoms with van der Waals surface area (Å²) in [6, 6.07) is 25.0. The fraction of sp³-hybridized carbons (Fsp3) is 0.222. The van der Waals surface area contributed by atoms with Gasteiger partial charge in [-0.3, -0.25) is 14.2 Å². The van der Waals surface area contributed by atoms with Crippen molar-refractivity contribution in [3.05, 3.63) is 106 Å². The lowest BCUT2D eigenvalue weighted by Gasteiger charge is -2.16. The molecule has 4 nitrogen and oxygen atoms in total. The summed E-state index contributed by atoms with van der Waals surface area (Å²) < 4.78 is 1.68. The van der Waals surface area contributed by atoms with E-state index in [9.17, 15) is 9.59 Å². The van der Waals surface area contributed by atoms with Gasteiger partial charge < -0.3 is 0 Å². The average Bonchev–Trinajstić information content (AvgIpc) is 2.82. The molecule has 0 aliphatic rings. The predicted octanol–water partition coefficient (Wildman–Crippen LogP) is 5.76. The summed E-state index contributed by atoms with van der Waals surface area (Å²) in [6.07, 6.45) is 2.08. The Kier molecular flexibility index (Phi) is 6.86. The first-order valence-corrected chi connectivity index (χ1v) is 11.8. The van der Waals surface area contributed by atoms with Crippen LogP contribution in [0.15, 0.2) is 88.8 Å². The first-order chi connectivity index (χ1) is 15.6. The number of thioether (sulfide) groups is 1. The van der Waals surface area contributed by atoms with Crippen molar-refractivity contribution in [3.63, 3.8) is 0 Å². The largest absolute Gasteiger partial charge is 0.293 e. The molecule has 4 aromatic rings. The highest BCUT2D eigenvalue weighted by atomic mass is 32.2. The van der Waals surface area contributed by atoms with Gasteiger partial charge in [-0.25, -0.2) is 4.98 Å². The van der Waals surface area contributed by atoms with E-state index in [4.69, 9.17) is 4.98 Å². The van der Waals surface area contributed by atoms with Crippen molar-refractivity contribution >= 4 is 28.4 Å². The van der Waals surface area contributed by atoms with Crippen LogP contribution < -0.4 is 5.56 Å². The third-order valence-electron chi connectivity index (χ3n) is 5.44. The molecular weight excluding hydrogens is 416 g/mol. The van der Waals surface area contributed by atoms with Gasteiger partial charge >= 0.3 is 0 Å². The number of hydrogen-bond acceptors (Lipinski definition) is 4. The Balaban J connectivity index is 1.67. The number of benzene rings is 3. The number of fused-ring (bicyclic) bond motifs is 1. The molecule has 0 N–H and O–H groups in total. The van der Waals surface area contributed by atoms with Crippen LogP contribution >= 0.6 is 11.8 Å². The summed E-state index contributed by atoms with van der Waals surface area (Å²) in [4.78, 5) is 31.2. The second-order valence-electron chi connectivity index (χ2n) is 7.86. The van der Waals surface area contributed by atoms with E-state index in [-0.39, 0.29) is 16.6 Å². The highest BCUT2D eigenvalue weighted by Crippen LogP contribution is 2.26. The molecule has 0 saturated carbocycles. The molecule has 1 aromatic heterocycles. The van der Waals surface area contributed by atoms with Crippen LogP contribution in [-0.4, -0.2) is 20.6 Å². The Morgan fingerprint density at radius 3 is 2.34 bits per heavy atom. The minimum Gasteiger partial charge on any atom is -0.293 e. The van der Waals surface area contributed by atoms with E-state index in [0.29, 0.717) is 28.2 Å². The Hall–Kier alpha value is -3.18. The lowest BCUT2D eigenvalue weighted by Crippen LogP contribution is -2.25. The zero-order chi connectivity index (χ0) is 22.5. The van der Waals surface area contributed by atoms with E-state index in [2.05, 4.69) is 6.92 Å². The van der Waals surface area contributed by atoms with Crippen molar-refractivity contribution in [2.24, 2.45) is 0 Å². The maximum absolute atomic E-state index is 13.3. The van der Waals surface area contributed by atoms with E-state index < -0.39 is 0 Å². The fourth-order valence-electron chi connectivity index (χ4n) is 3.71. The van der Waals surface area contributed by atoms with Crippen LogP contribution in [0.1, 0.15) is 41.8 Å². The number of rotatable bonds is 8. The molecule has 0 spiro atoms. The van der Waals surface area contributed by atoms with E-state index in [0.717, 1.165) is 18.4 Å². The maximum Gasteiger partial charge on any atom is 0.262 e. The quantitative estimate of drug-likeness (QED) is 0.198. The Bertz CT molecular complexity index is 1280. The minimum absolute atomic E-state index is 0.0340. The molecule has 162 valence electrons. The van der Waals surface area contributed by atoms with Gasteiger partial charge in [0, 0.05) is 5.56 Å². The maximum atomic E-state index is 13.3. The first kappa shape index (κ1) is 22.0. The molecule has 1 atom stereocenters. The Morgan fingerprint density at radius 2 is 1.62 bits per heavy atom. The molecule has 0 radical (unpaired) electrons. The van der Waals surface area contributed by atoms with Gasteiger partial charge in [0.25, 0.3) is 5.56 Å². The molecule has 0 aliphatic heterocycles. The zero-order valence-corrected chi connectivity index (χ0v) is 19.1. The minimum atomic E-state index is -0.373. The monoisotopic (exact) mass is 442 g/mol. The van der Waals surface area contributed by atoms with Crippen LogP contribution in [-0.2, 0) is 13.0 Å². The van der Waals surface area contributed by atoms with E-state index in [1.54, 1.807) is 10.6 Å². The summed E-state index contributed by atoms with van der Waals surface area (Å²) in [6.45, 7) is 4.43. The van der Waals surface area contributed by atoms with Crippen LogP contribution in [0.25, 0.3) is 10.9 Å². The number of aromatic nitrogens is 2. The molecule has 4 rings (SSSR count). The number of ketones is 1. The summed E-state index contributed by atoms with van der Waals surface area (Å²) in [5.41, 5.74) is 3.48. The van der Waals surface area contributed by atoms with Gasteiger partial charge in [-0.15, -0.1) is 0 Å². The van der Waals surface area contributed by atoms with E-state index in [1.165, 1.54) is 17.3 Å². The third-order valence-corrected chi connectivity index (χ3v) is 6.53. The van der Waals surface area contributed by atoms with Crippen molar-refractivity contribution in [1.29, 1.82) is 0 Å². The van der Waals surface area contributed by atoms with Gasteiger partial charge in [0.2, 0.25) is 0 Å². The SMILES string of the molecule is CCCc1ccc(C(=O)C(C)Sc2nc3ccccc3c(=O)n2Cc2ccccc2)cc1. The fourth-order valence-corrected chi connectivity index (χ4v) is 4.70. The number of Topliss-reactive ketones (excluding diaryl/α,β-unsaturated/α-hetero) is 1. The molecule has 32 heavy (non-hydrogen) atoms. The van der Waals surface area contributed by atoms with Crippen molar-refractivity contribution in [2.75, 3.05) is 0 Å². The number of hydrogen-bond donors (Lipinski definition) is 0. The number of aryl methyl sites for hydroxylation is 1. The second kappa shape index (κ2) is 9.96. The average molecular weight is 443 g/mol. The lowest BCUT2D eigenvalue weighted by molar-refractivity contribution is 0.0994. The number of carbonyl (C=O) groups is 1. The molecular formula is C27H26N2O2S. The van der Waals surface area contributed by atoms with Crippen LogP contribution in [0.5, 0.6) is 0 Å². The molecule has 1 unspecified atom stereocenters. The summed E-state index contributed by atoms with van der Waals surface area (Å²) >= 11 is 1.34. The molecule has 0 amide bonds. The molecule has 0 bridgehead atoms. The molecule has 1 heterocycles. The third kappa shape index (κ3) is 4.83. The molecule has 5 heteroatoms. The first-order valence-electron chi connectivity index (χ1n) is 10.9. The predicted molar refractivity (Wildman–Crippen MR) is 132 cm³/mol. The summed E-state index contributed by atoms with van der Waals surface area (Å²) in [7, 11) is 0. The van der Waals surface area contributed by atoms with Crippen molar-refractivity contribution in [3.8, 4) is 0 Å². The standard InChI is InChI=1S/C27H26N2O2S/c1-3-9-20-14-16-22(17-15-20)25(30)19(2)32-27-28-24-13-8-7-12-23(24)26(31)29(27)18-21-10-5-4-6-11-21/h4-8,10-17,19H,3,9,18H2,1-2H3. The molecule has 0 aliphatic carbocycles. The van der Waals surface area contributed by atoms with E-state index in [1.807, 2.05) is 79.7 Å². The highest BCUT2D eigenvalue weighted by molar-refractivity contribution is 8.00. The van der Waals surface area contributed by atoms with Crippen molar-refractivity contribution in [1.82, 2.24) is 9.55 Å². The van der Waals surface area contributed by atoms with Crippen LogP contribution in [0.3, 0.4) is 0 Å². The zero-order valence-electron chi connectivity index (χ0n) is 18.3. The molecule has 0 fully saturated rings. The highest BCUT2D eigenvalue weighted by Gasteiger charge is 2.21. The summed E-state index contributed by atoms with van der Waals surface area (Å²) in [5, 5.41) is 0.765. The van der Waals surface area contributed by atoms with Gasteiger partial charge in [-0.1, -0.05) is 91.8 Å². The Morgan fingerprint density at radius 1 is 0.938 bits per heavy atom. The smallest absolute Gasteiger partial charge is 0.262 e. The number of carbonyl (C=O) groups excluding carboxylic acids is 1. The second-order valence-corrected chi connectivity index (χ2v) is 9.17. The number of para-hydroxylation sites is 1. The lowest BCUT2D eigenvalue weighted by atomic mass is 10.0. The van der Waals surface area contributed by atoms with Gasteiger partial charge in [-0.2, -0.15) is 0 Å². The van der Waals surface area contributed by atoms with Gasteiger partial charge in [0.05, 0.1) is 22.7 Å². The topological polar surface area (TPSA) is 52.0 Å². The summed E-state index contributed by atoms with van der Waals surface area (Å²) in [5.74, 6) is 0.0340. The van der Waals surface area contributed by atoms with E-state index >= 15 is 0 Å². The normalized spacial score (nSPS) is 12.1. The van der Waals surface area contributed by atoms with Gasteiger partial charge in [0.1, 0.15) is 0 Å². The molecule has 0 saturated heterocycles.